The fourth-order valence-corrected chi connectivity index (χ4v) is 2.16. The van der Waals surface area contributed by atoms with Gasteiger partial charge in [-0.05, 0) is 56.3 Å². The molecule has 1 aromatic rings. The van der Waals surface area contributed by atoms with Gasteiger partial charge in [-0.25, -0.2) is 4.79 Å². The van der Waals surface area contributed by atoms with Crippen LogP contribution in [0.15, 0.2) is 24.3 Å². The molecule has 0 heterocycles. The molecule has 6 nitrogen and oxygen atoms in total. The molecule has 6 heteroatoms. The number of nitrogens with two attached hydrogens (primary N) is 1. The van der Waals surface area contributed by atoms with Crippen LogP contribution in [-0.4, -0.2) is 50.7 Å². The molecule has 1 rings (SSSR count). The maximum atomic E-state index is 10.2. The third kappa shape index (κ3) is 11.0. The van der Waals surface area contributed by atoms with Crippen LogP contribution in [0.25, 0.3) is 0 Å². The summed E-state index contributed by atoms with van der Waals surface area (Å²) in [4.78, 5) is 10.2. The van der Waals surface area contributed by atoms with Gasteiger partial charge in [0.15, 0.2) is 0 Å². The van der Waals surface area contributed by atoms with Crippen LogP contribution in [0, 0.1) is 0 Å². The number of hydrogen-bond acceptors (Lipinski definition) is 5. The van der Waals surface area contributed by atoms with Crippen LogP contribution < -0.4 is 10.5 Å². The number of carbonyl (C=O) groups is 1. The first-order chi connectivity index (χ1) is 11.7. The van der Waals surface area contributed by atoms with Crippen molar-refractivity contribution in [2.24, 2.45) is 5.73 Å². The number of ether oxygens (including phenoxy) is 3. The van der Waals surface area contributed by atoms with Crippen molar-refractivity contribution in [1.29, 1.82) is 0 Å². The van der Waals surface area contributed by atoms with Crippen molar-refractivity contribution >= 4 is 5.97 Å². The first-order valence-corrected chi connectivity index (χ1v) is 8.51. The number of aliphatic carboxylic acids is 1. The van der Waals surface area contributed by atoms with Gasteiger partial charge in [-0.3, -0.25) is 0 Å². The average Bonchev–Trinajstić information content (AvgIpc) is 2.56. The van der Waals surface area contributed by atoms with E-state index in [1.807, 2.05) is 18.2 Å². The summed E-state index contributed by atoms with van der Waals surface area (Å²) in [5.74, 6) is -0.0391. The van der Waals surface area contributed by atoms with Gasteiger partial charge in [0.25, 0.3) is 0 Å². The SMILES string of the molecule is NCCc1cccc(OCCCCCOCCCOCC(=O)O)c1. The van der Waals surface area contributed by atoms with Crippen molar-refractivity contribution in [3.8, 4) is 5.75 Å². The fraction of sp³-hybridized carbons (Fsp3) is 0.611. The summed E-state index contributed by atoms with van der Waals surface area (Å²) >= 11 is 0. The quantitative estimate of drug-likeness (QED) is 0.476. The van der Waals surface area contributed by atoms with E-state index in [0.29, 0.717) is 33.0 Å². The number of unbranched alkanes of at least 4 members (excludes halogenated alkanes) is 2. The Balaban J connectivity index is 1.90. The second-order valence-corrected chi connectivity index (χ2v) is 5.51. The Bertz CT molecular complexity index is 453. The molecule has 136 valence electrons. The van der Waals surface area contributed by atoms with Crippen molar-refractivity contribution in [1.82, 2.24) is 0 Å². The molecule has 24 heavy (non-hydrogen) atoms. The molecule has 0 aliphatic carbocycles. The third-order valence-electron chi connectivity index (χ3n) is 3.34. The summed E-state index contributed by atoms with van der Waals surface area (Å²) in [5, 5.41) is 8.40. The highest BCUT2D eigenvalue weighted by molar-refractivity contribution is 5.67. The average molecular weight is 339 g/mol. The Morgan fingerprint density at radius 1 is 1.00 bits per heavy atom. The van der Waals surface area contributed by atoms with Gasteiger partial charge in [-0.2, -0.15) is 0 Å². The fourth-order valence-electron chi connectivity index (χ4n) is 2.16. The summed E-state index contributed by atoms with van der Waals surface area (Å²) in [7, 11) is 0. The minimum absolute atomic E-state index is 0.241. The Labute approximate surface area is 143 Å². The zero-order valence-corrected chi connectivity index (χ0v) is 14.2. The maximum Gasteiger partial charge on any atom is 0.329 e. The van der Waals surface area contributed by atoms with Gasteiger partial charge in [-0.15, -0.1) is 0 Å². The number of hydrogen-bond donors (Lipinski definition) is 2. The van der Waals surface area contributed by atoms with Gasteiger partial charge in [0.2, 0.25) is 0 Å². The monoisotopic (exact) mass is 339 g/mol. The van der Waals surface area contributed by atoms with Crippen molar-refractivity contribution in [2.45, 2.75) is 32.1 Å². The molecule has 0 amide bonds. The summed E-state index contributed by atoms with van der Waals surface area (Å²) in [6.07, 6.45) is 4.63. The maximum absolute atomic E-state index is 10.2. The lowest BCUT2D eigenvalue weighted by Gasteiger charge is -2.08. The van der Waals surface area contributed by atoms with Crippen LogP contribution in [0.1, 0.15) is 31.2 Å². The Kier molecular flexibility index (Phi) is 11.7. The van der Waals surface area contributed by atoms with E-state index >= 15 is 0 Å². The summed E-state index contributed by atoms with van der Waals surface area (Å²) in [5.41, 5.74) is 6.76. The highest BCUT2D eigenvalue weighted by Gasteiger charge is 1.98. The van der Waals surface area contributed by atoms with Gasteiger partial charge < -0.3 is 25.1 Å². The molecular weight excluding hydrogens is 310 g/mol. The van der Waals surface area contributed by atoms with E-state index in [1.165, 1.54) is 5.56 Å². The number of carboxylic acid groups (broad SMARTS) is 1. The molecule has 0 aliphatic rings. The molecule has 0 saturated carbocycles. The van der Waals surface area contributed by atoms with E-state index in [0.717, 1.165) is 37.9 Å². The van der Waals surface area contributed by atoms with Gasteiger partial charge in [0.1, 0.15) is 12.4 Å². The summed E-state index contributed by atoms with van der Waals surface area (Å²) in [6, 6.07) is 8.07. The van der Waals surface area contributed by atoms with Gasteiger partial charge in [-0.1, -0.05) is 12.1 Å². The third-order valence-corrected chi connectivity index (χ3v) is 3.34. The van der Waals surface area contributed by atoms with E-state index in [4.69, 9.17) is 25.1 Å². The topological polar surface area (TPSA) is 91.0 Å². The van der Waals surface area contributed by atoms with Crippen LogP contribution in [-0.2, 0) is 20.7 Å². The predicted molar refractivity (Wildman–Crippen MR) is 92.4 cm³/mol. The van der Waals surface area contributed by atoms with Gasteiger partial charge in [0, 0.05) is 19.8 Å². The largest absolute Gasteiger partial charge is 0.494 e. The Morgan fingerprint density at radius 3 is 2.54 bits per heavy atom. The molecule has 0 spiro atoms. The lowest BCUT2D eigenvalue weighted by Crippen LogP contribution is -2.09. The van der Waals surface area contributed by atoms with E-state index in [1.54, 1.807) is 0 Å². The highest BCUT2D eigenvalue weighted by atomic mass is 16.5. The molecule has 0 bridgehead atoms. The van der Waals surface area contributed by atoms with Crippen molar-refractivity contribution < 1.29 is 24.1 Å². The number of rotatable bonds is 15. The zero-order chi connectivity index (χ0) is 17.5. The molecule has 0 aliphatic heterocycles. The number of benzene rings is 1. The van der Waals surface area contributed by atoms with Crippen LogP contribution in [0.2, 0.25) is 0 Å². The molecule has 0 saturated heterocycles. The first kappa shape index (κ1) is 20.4. The molecule has 0 unspecified atom stereocenters. The van der Waals surface area contributed by atoms with Crippen molar-refractivity contribution in [3.63, 3.8) is 0 Å². The normalized spacial score (nSPS) is 10.7. The standard InChI is InChI=1S/C18H29NO5/c19-9-8-16-6-4-7-17(14-16)24-13-3-1-2-10-22-11-5-12-23-15-18(20)21/h4,6-7,14H,1-3,5,8-13,15,19H2,(H,20,21). The molecule has 0 atom stereocenters. The van der Waals surface area contributed by atoms with Gasteiger partial charge in [0.05, 0.1) is 6.61 Å². The summed E-state index contributed by atoms with van der Waals surface area (Å²) in [6.45, 7) is 2.84. The molecule has 0 fully saturated rings. The van der Waals surface area contributed by atoms with E-state index < -0.39 is 5.97 Å². The van der Waals surface area contributed by atoms with Crippen molar-refractivity contribution in [2.75, 3.05) is 39.6 Å². The van der Waals surface area contributed by atoms with Gasteiger partial charge >= 0.3 is 5.97 Å². The molecule has 0 aromatic heterocycles. The summed E-state index contributed by atoms with van der Waals surface area (Å²) < 4.78 is 16.1. The van der Waals surface area contributed by atoms with Crippen LogP contribution in [0.4, 0.5) is 0 Å². The van der Waals surface area contributed by atoms with E-state index in [2.05, 4.69) is 6.07 Å². The predicted octanol–water partition coefficient (Wildman–Crippen LogP) is 2.24. The first-order valence-electron chi connectivity index (χ1n) is 8.51. The number of carboxylic acids is 1. The molecule has 3 N–H and O–H groups in total. The van der Waals surface area contributed by atoms with Crippen LogP contribution in [0.5, 0.6) is 5.75 Å². The molecule has 0 radical (unpaired) electrons. The second kappa shape index (κ2) is 13.8. The lowest BCUT2D eigenvalue weighted by molar-refractivity contribution is -0.142. The lowest BCUT2D eigenvalue weighted by atomic mass is 10.1. The Morgan fingerprint density at radius 2 is 1.75 bits per heavy atom. The van der Waals surface area contributed by atoms with E-state index in [-0.39, 0.29) is 6.61 Å². The van der Waals surface area contributed by atoms with Crippen LogP contribution >= 0.6 is 0 Å². The Hall–Kier alpha value is -1.63. The highest BCUT2D eigenvalue weighted by Crippen LogP contribution is 2.14. The van der Waals surface area contributed by atoms with Crippen molar-refractivity contribution in [3.05, 3.63) is 29.8 Å². The van der Waals surface area contributed by atoms with Crippen LogP contribution in [0.3, 0.4) is 0 Å². The smallest absolute Gasteiger partial charge is 0.329 e. The minimum atomic E-state index is -0.941. The minimum Gasteiger partial charge on any atom is -0.494 e. The second-order valence-electron chi connectivity index (χ2n) is 5.51. The molecular formula is C18H29NO5. The zero-order valence-electron chi connectivity index (χ0n) is 14.2. The van der Waals surface area contributed by atoms with E-state index in [9.17, 15) is 4.79 Å². The molecule has 1 aromatic carbocycles.